The smallest absolute Gasteiger partial charge is 0.333 e. The third kappa shape index (κ3) is 5.89. The Balaban J connectivity index is 1.95. The number of hydrogen-bond acceptors (Lipinski definition) is 7. The molecule has 218 valence electrons. The van der Waals surface area contributed by atoms with Gasteiger partial charge in [-0.1, -0.05) is 58.4 Å². The molecule has 0 heterocycles. The third-order valence-electron chi connectivity index (χ3n) is 10.6. The molecule has 7 nitrogen and oxygen atoms in total. The van der Waals surface area contributed by atoms with Crippen LogP contribution in [0.25, 0.3) is 0 Å². The second-order valence-corrected chi connectivity index (χ2v) is 14.2. The van der Waals surface area contributed by atoms with Crippen LogP contribution in [0.4, 0.5) is 0 Å². The monoisotopic (exact) mass is 562 g/mol. The number of benzene rings is 1. The van der Waals surface area contributed by atoms with E-state index in [-0.39, 0.29) is 33.8 Å². The lowest BCUT2D eigenvalue weighted by molar-refractivity contribution is -0.213. The number of ether oxygens (including phenoxy) is 1. The predicted octanol–water partition coefficient (Wildman–Crippen LogP) is 5.63. The summed E-state index contributed by atoms with van der Waals surface area (Å²) in [6.07, 6.45) is 3.50. The van der Waals surface area contributed by atoms with Crippen molar-refractivity contribution >= 4 is 21.9 Å². The number of carbonyl (C=O) groups is 2. The number of ketones is 1. The fourth-order valence-electron chi connectivity index (χ4n) is 7.34. The predicted molar refractivity (Wildman–Crippen MR) is 150 cm³/mol. The van der Waals surface area contributed by atoms with Gasteiger partial charge in [0.15, 0.2) is 6.61 Å². The normalized spacial score (nSPS) is 36.9. The maximum atomic E-state index is 13.2. The van der Waals surface area contributed by atoms with E-state index in [0.29, 0.717) is 19.3 Å². The van der Waals surface area contributed by atoms with E-state index in [2.05, 4.69) is 34.3 Å². The molecule has 2 bridgehead atoms. The highest BCUT2D eigenvalue weighted by atomic mass is 32.2. The Bertz CT molecular complexity index is 1180. The quantitative estimate of drug-likeness (QED) is 0.236. The van der Waals surface area contributed by atoms with Crippen LogP contribution in [0.2, 0.25) is 0 Å². The number of Topliss-reactive ketones (excluding diaryl/α,β-unsaturated/α-hetero) is 1. The maximum absolute atomic E-state index is 13.2. The van der Waals surface area contributed by atoms with E-state index in [9.17, 15) is 23.1 Å². The fourth-order valence-corrected chi connectivity index (χ4v) is 8.20. The van der Waals surface area contributed by atoms with Crippen LogP contribution in [0, 0.1) is 40.9 Å². The molecule has 0 radical (unpaired) electrons. The van der Waals surface area contributed by atoms with Gasteiger partial charge in [0.1, 0.15) is 11.9 Å². The largest absolute Gasteiger partial charge is 0.460 e. The van der Waals surface area contributed by atoms with Gasteiger partial charge in [0.25, 0.3) is 10.1 Å². The number of rotatable bonds is 9. The van der Waals surface area contributed by atoms with E-state index < -0.39 is 45.7 Å². The van der Waals surface area contributed by atoms with E-state index >= 15 is 0 Å². The summed E-state index contributed by atoms with van der Waals surface area (Å²) in [5.74, 6) is -0.569. The van der Waals surface area contributed by atoms with Crippen molar-refractivity contribution in [2.24, 2.45) is 34.0 Å². The van der Waals surface area contributed by atoms with E-state index in [0.717, 1.165) is 18.4 Å². The summed E-state index contributed by atoms with van der Waals surface area (Å²) >= 11 is 0. The molecular weight excluding hydrogens is 516 g/mol. The Morgan fingerprint density at radius 2 is 1.77 bits per heavy atom. The van der Waals surface area contributed by atoms with Crippen LogP contribution in [0.3, 0.4) is 0 Å². The summed E-state index contributed by atoms with van der Waals surface area (Å²) in [5, 5.41) is 11.7. The molecule has 1 aromatic carbocycles. The molecule has 1 aromatic rings. The van der Waals surface area contributed by atoms with Gasteiger partial charge in [-0.05, 0) is 74.8 Å². The van der Waals surface area contributed by atoms with Crippen molar-refractivity contribution < 1.29 is 32.0 Å². The number of carbonyl (C=O) groups excluding carboxylic acids is 2. The van der Waals surface area contributed by atoms with Crippen molar-refractivity contribution in [2.75, 3.05) is 6.61 Å². The van der Waals surface area contributed by atoms with Gasteiger partial charge in [0.05, 0.1) is 11.0 Å². The van der Waals surface area contributed by atoms with Gasteiger partial charge in [-0.25, -0.2) is 4.79 Å². The lowest BCUT2D eigenvalue weighted by Gasteiger charge is -2.64. The van der Waals surface area contributed by atoms with Crippen molar-refractivity contribution in [3.63, 3.8) is 0 Å². The second kappa shape index (κ2) is 11.5. The van der Waals surface area contributed by atoms with Crippen LogP contribution in [0.5, 0.6) is 0 Å². The SMILES string of the molecule is C=C[C@@]1(C)C[C@@H](OC(=O)COS(=O)(=O)c2ccc(C)cc2)[C@]2(C)C(C)CC[C@@](CCC(C)=O)(C2C)[C@@H](C)[C@@H]1O. The van der Waals surface area contributed by atoms with Crippen LogP contribution in [0.1, 0.15) is 79.2 Å². The van der Waals surface area contributed by atoms with Crippen molar-refractivity contribution in [1.82, 2.24) is 0 Å². The zero-order chi connectivity index (χ0) is 29.4. The highest BCUT2D eigenvalue weighted by Gasteiger charge is 2.62. The lowest BCUT2D eigenvalue weighted by atomic mass is 9.42. The summed E-state index contributed by atoms with van der Waals surface area (Å²) in [5.41, 5.74) is -0.687. The van der Waals surface area contributed by atoms with Gasteiger partial charge < -0.3 is 14.6 Å². The zero-order valence-electron chi connectivity index (χ0n) is 24.5. The third-order valence-corrected chi connectivity index (χ3v) is 11.9. The molecule has 2 fully saturated rings. The number of aliphatic hydroxyl groups excluding tert-OH is 1. The first-order valence-corrected chi connectivity index (χ1v) is 15.4. The Morgan fingerprint density at radius 1 is 1.15 bits per heavy atom. The van der Waals surface area contributed by atoms with Crippen LogP contribution in [-0.4, -0.2) is 44.1 Å². The summed E-state index contributed by atoms with van der Waals surface area (Å²) < 4.78 is 36.5. The molecule has 2 aliphatic carbocycles. The molecule has 39 heavy (non-hydrogen) atoms. The summed E-state index contributed by atoms with van der Waals surface area (Å²) in [4.78, 5) is 25.2. The van der Waals surface area contributed by atoms with Crippen LogP contribution >= 0.6 is 0 Å². The van der Waals surface area contributed by atoms with Gasteiger partial charge in [0, 0.05) is 17.3 Å². The van der Waals surface area contributed by atoms with Crippen molar-refractivity contribution in [3.05, 3.63) is 42.5 Å². The molecule has 2 saturated carbocycles. The first-order valence-electron chi connectivity index (χ1n) is 14.0. The number of hydrogen-bond donors (Lipinski definition) is 1. The minimum absolute atomic E-state index is 0.0159. The van der Waals surface area contributed by atoms with Crippen molar-refractivity contribution in [1.29, 1.82) is 0 Å². The minimum Gasteiger partial charge on any atom is -0.460 e. The van der Waals surface area contributed by atoms with Gasteiger partial charge in [-0.15, -0.1) is 6.58 Å². The molecular formula is C31H46O7S. The van der Waals surface area contributed by atoms with Crippen LogP contribution in [0.15, 0.2) is 41.8 Å². The van der Waals surface area contributed by atoms with E-state index in [1.807, 2.05) is 13.8 Å². The second-order valence-electron chi connectivity index (χ2n) is 12.6. The van der Waals surface area contributed by atoms with Gasteiger partial charge >= 0.3 is 5.97 Å². The summed E-state index contributed by atoms with van der Waals surface area (Å²) in [7, 11) is -4.14. The fraction of sp³-hybridized carbons (Fsp3) is 0.677. The standard InChI is InChI=1S/C31H46O7S/c1-9-29(7)18-26(38-27(33)19-37-39(35,36)25-12-10-20(2)11-13-25)30(8)21(3)14-16-31(24(30)6,17-15-22(4)32)23(5)28(29)34/h9-13,21,23-24,26,28,34H,1,14-19H2,2-8H3/t21?,23-,24?,26+,28-,29-,30+,31-/m0/s1. The first-order chi connectivity index (χ1) is 18.0. The molecule has 3 rings (SSSR count). The van der Waals surface area contributed by atoms with Crippen LogP contribution < -0.4 is 0 Å². The van der Waals surface area contributed by atoms with Crippen molar-refractivity contribution in [2.45, 2.75) is 97.7 Å². The summed E-state index contributed by atoms with van der Waals surface area (Å²) in [6.45, 7) is 17.2. The highest BCUT2D eigenvalue weighted by Crippen LogP contribution is 2.65. The number of esters is 1. The summed E-state index contributed by atoms with van der Waals surface area (Å²) in [6, 6.07) is 6.21. The first kappa shape index (κ1) is 31.5. The Kier molecular flexibility index (Phi) is 9.25. The molecule has 0 aromatic heterocycles. The maximum Gasteiger partial charge on any atom is 0.333 e. The molecule has 0 spiro atoms. The topological polar surface area (TPSA) is 107 Å². The van der Waals surface area contributed by atoms with Crippen molar-refractivity contribution in [3.8, 4) is 0 Å². The molecule has 2 unspecified atom stereocenters. The molecule has 0 aliphatic heterocycles. The Morgan fingerprint density at radius 3 is 2.33 bits per heavy atom. The molecule has 8 atom stereocenters. The average molecular weight is 563 g/mol. The Hall–Kier alpha value is -2.03. The van der Waals surface area contributed by atoms with Gasteiger partial charge in [-0.3, -0.25) is 4.18 Å². The molecule has 0 amide bonds. The van der Waals surface area contributed by atoms with Gasteiger partial charge in [0.2, 0.25) is 0 Å². The minimum atomic E-state index is -4.14. The van der Waals surface area contributed by atoms with Gasteiger partial charge in [-0.2, -0.15) is 8.42 Å². The Labute approximate surface area is 234 Å². The molecule has 0 saturated heterocycles. The highest BCUT2D eigenvalue weighted by molar-refractivity contribution is 7.86. The lowest BCUT2D eigenvalue weighted by Crippen LogP contribution is -2.62. The zero-order valence-corrected chi connectivity index (χ0v) is 25.3. The number of aryl methyl sites for hydroxylation is 1. The molecule has 1 N–H and O–H groups in total. The van der Waals surface area contributed by atoms with E-state index in [1.54, 1.807) is 25.1 Å². The average Bonchev–Trinajstić information content (AvgIpc) is 2.89. The van der Waals surface area contributed by atoms with Crippen LogP contribution in [-0.2, 0) is 28.6 Å². The number of aliphatic hydroxyl groups is 1. The number of fused-ring (bicyclic) bond motifs is 2. The molecule has 2 aliphatic rings. The van der Waals surface area contributed by atoms with E-state index in [4.69, 9.17) is 8.92 Å². The van der Waals surface area contributed by atoms with E-state index in [1.165, 1.54) is 12.1 Å². The molecule has 8 heteroatoms.